The highest BCUT2D eigenvalue weighted by molar-refractivity contribution is 7.89. The number of unbranched alkanes of at least 4 members (excludes halogenated alkanes) is 1. The Balaban J connectivity index is 1.69. The molecule has 1 aromatic heterocycles. The molecule has 9 heteroatoms. The van der Waals surface area contributed by atoms with Crippen LogP contribution in [0.15, 0.2) is 29.2 Å². The molecule has 1 aliphatic rings. The molecule has 1 aromatic carbocycles. The number of carbonyl (C=O) groups is 1. The molecule has 0 atom stereocenters. The summed E-state index contributed by atoms with van der Waals surface area (Å²) in [5.41, 5.74) is 1.47. The first kappa shape index (κ1) is 23.8. The van der Waals surface area contributed by atoms with Crippen molar-refractivity contribution < 1.29 is 13.2 Å². The lowest BCUT2D eigenvalue weighted by atomic mass is 10.1. The van der Waals surface area contributed by atoms with E-state index in [-0.39, 0.29) is 10.8 Å². The minimum absolute atomic E-state index is 0.209. The summed E-state index contributed by atoms with van der Waals surface area (Å²) in [6, 6.07) is 6.61. The fraction of sp³-hybridized carbons (Fsp3) is 0.545. The van der Waals surface area contributed by atoms with E-state index in [9.17, 15) is 13.2 Å². The highest BCUT2D eigenvalue weighted by Crippen LogP contribution is 2.29. The molecule has 1 amide bonds. The van der Waals surface area contributed by atoms with Crippen LogP contribution in [0.2, 0.25) is 0 Å². The largest absolute Gasteiger partial charge is 0.298 e. The quantitative estimate of drug-likeness (QED) is 0.607. The zero-order chi connectivity index (χ0) is 22.6. The molecule has 1 aliphatic heterocycles. The molecule has 2 heterocycles. The Bertz CT molecular complexity index is 1000. The Morgan fingerprint density at radius 1 is 1.26 bits per heavy atom. The number of nitrogens with one attached hydrogen (secondary N) is 1. The maximum absolute atomic E-state index is 12.8. The summed E-state index contributed by atoms with van der Waals surface area (Å²) in [7, 11) is -3.55. The molecule has 0 bridgehead atoms. The van der Waals surface area contributed by atoms with Gasteiger partial charge < -0.3 is 0 Å². The Morgan fingerprint density at radius 2 is 1.97 bits per heavy atom. The zero-order valence-corrected chi connectivity index (χ0v) is 20.4. The molecule has 0 saturated carbocycles. The van der Waals surface area contributed by atoms with Gasteiger partial charge in [0.2, 0.25) is 10.0 Å². The van der Waals surface area contributed by atoms with Crippen LogP contribution in [0.4, 0.5) is 5.13 Å². The topological polar surface area (TPSA) is 82.6 Å². The fourth-order valence-electron chi connectivity index (χ4n) is 3.59. The minimum Gasteiger partial charge on any atom is -0.298 e. The van der Waals surface area contributed by atoms with Gasteiger partial charge in [0, 0.05) is 49.1 Å². The van der Waals surface area contributed by atoms with E-state index in [4.69, 9.17) is 0 Å². The molecule has 0 fully saturated rings. The monoisotopic (exact) mass is 464 g/mol. The molecule has 2 aromatic rings. The highest BCUT2D eigenvalue weighted by atomic mass is 32.2. The van der Waals surface area contributed by atoms with Crippen molar-refractivity contribution >= 4 is 32.4 Å². The van der Waals surface area contributed by atoms with Crippen molar-refractivity contribution in [2.75, 3.05) is 25.0 Å². The van der Waals surface area contributed by atoms with E-state index >= 15 is 0 Å². The number of thiazole rings is 1. The van der Waals surface area contributed by atoms with Crippen molar-refractivity contribution in [3.8, 4) is 0 Å². The predicted octanol–water partition coefficient (Wildman–Crippen LogP) is 3.97. The third kappa shape index (κ3) is 5.52. The van der Waals surface area contributed by atoms with Crippen molar-refractivity contribution in [2.45, 2.75) is 64.4 Å². The summed E-state index contributed by atoms with van der Waals surface area (Å²) >= 11 is 1.51. The van der Waals surface area contributed by atoms with Gasteiger partial charge in [-0.2, -0.15) is 4.31 Å². The van der Waals surface area contributed by atoms with Gasteiger partial charge in [0.05, 0.1) is 10.6 Å². The van der Waals surface area contributed by atoms with Crippen LogP contribution >= 0.6 is 11.3 Å². The summed E-state index contributed by atoms with van der Waals surface area (Å²) in [4.78, 5) is 21.1. The van der Waals surface area contributed by atoms with E-state index in [1.807, 2.05) is 13.8 Å². The van der Waals surface area contributed by atoms with Gasteiger partial charge in [-0.3, -0.25) is 15.0 Å². The molecule has 31 heavy (non-hydrogen) atoms. The smallest absolute Gasteiger partial charge is 0.257 e. The third-order valence-corrected chi connectivity index (χ3v) is 8.57. The first-order chi connectivity index (χ1) is 14.8. The van der Waals surface area contributed by atoms with Gasteiger partial charge >= 0.3 is 0 Å². The van der Waals surface area contributed by atoms with Crippen molar-refractivity contribution in [2.24, 2.45) is 0 Å². The maximum Gasteiger partial charge on any atom is 0.257 e. The molecule has 0 spiro atoms. The maximum atomic E-state index is 12.8. The van der Waals surface area contributed by atoms with Crippen molar-refractivity contribution in [3.05, 3.63) is 40.4 Å². The minimum atomic E-state index is -3.55. The SMILES string of the molecule is CCCCN(CC)S(=O)(=O)c1ccc(C(=O)Nc2nc3c(s2)CN(C(C)C)CC3)cc1. The first-order valence-electron chi connectivity index (χ1n) is 10.9. The summed E-state index contributed by atoms with van der Waals surface area (Å²) in [6.07, 6.45) is 2.64. The summed E-state index contributed by atoms with van der Waals surface area (Å²) in [5.74, 6) is -0.283. The second kappa shape index (κ2) is 10.2. The van der Waals surface area contributed by atoms with Crippen LogP contribution in [-0.2, 0) is 23.0 Å². The van der Waals surface area contributed by atoms with E-state index in [1.54, 1.807) is 12.1 Å². The summed E-state index contributed by atoms with van der Waals surface area (Å²) < 4.78 is 27.2. The van der Waals surface area contributed by atoms with Crippen molar-refractivity contribution in [1.29, 1.82) is 0 Å². The Kier molecular flexibility index (Phi) is 7.85. The van der Waals surface area contributed by atoms with Crippen LogP contribution < -0.4 is 5.32 Å². The molecule has 7 nitrogen and oxygen atoms in total. The Hall–Kier alpha value is -1.81. The number of nitrogens with zero attached hydrogens (tertiary/aromatic N) is 3. The normalized spacial score (nSPS) is 14.8. The molecule has 0 saturated heterocycles. The third-order valence-electron chi connectivity index (χ3n) is 5.58. The summed E-state index contributed by atoms with van der Waals surface area (Å²) in [5, 5.41) is 3.46. The number of sulfonamides is 1. The number of hydrogen-bond acceptors (Lipinski definition) is 6. The van der Waals surface area contributed by atoms with Gasteiger partial charge in [-0.1, -0.05) is 20.3 Å². The van der Waals surface area contributed by atoms with E-state index in [0.29, 0.717) is 29.8 Å². The standard InChI is InChI=1S/C22H32N4O3S2/c1-5-7-13-26(6-2)31(28,29)18-10-8-17(9-11-18)21(27)24-22-23-19-12-14-25(16(3)4)15-20(19)30-22/h8-11,16H,5-7,12-15H2,1-4H3,(H,23,24,27). The Morgan fingerprint density at radius 3 is 2.58 bits per heavy atom. The summed E-state index contributed by atoms with van der Waals surface area (Å²) in [6.45, 7) is 11.0. The number of fused-ring (bicyclic) bond motifs is 1. The lowest BCUT2D eigenvalue weighted by molar-refractivity contribution is 0.102. The van der Waals surface area contributed by atoms with E-state index < -0.39 is 10.0 Å². The predicted molar refractivity (Wildman–Crippen MR) is 125 cm³/mol. The van der Waals surface area contributed by atoms with Crippen LogP contribution in [0.25, 0.3) is 0 Å². The van der Waals surface area contributed by atoms with Gasteiger partial charge in [0.25, 0.3) is 5.91 Å². The van der Waals surface area contributed by atoms with Gasteiger partial charge in [-0.15, -0.1) is 11.3 Å². The molecule has 0 unspecified atom stereocenters. The molecular formula is C22H32N4O3S2. The average molecular weight is 465 g/mol. The highest BCUT2D eigenvalue weighted by Gasteiger charge is 2.24. The number of rotatable bonds is 9. The molecule has 3 rings (SSSR count). The number of carbonyl (C=O) groups excluding carboxylic acids is 1. The first-order valence-corrected chi connectivity index (χ1v) is 13.2. The molecule has 0 radical (unpaired) electrons. The number of anilines is 1. The van der Waals surface area contributed by atoms with Crippen molar-refractivity contribution in [1.82, 2.24) is 14.2 Å². The van der Waals surface area contributed by atoms with E-state index in [1.165, 1.54) is 32.7 Å². The number of benzene rings is 1. The second-order valence-corrected chi connectivity index (χ2v) is 11.1. The molecule has 0 aliphatic carbocycles. The van der Waals surface area contributed by atoms with Gasteiger partial charge in [0.15, 0.2) is 5.13 Å². The Labute approximate surface area is 189 Å². The van der Waals surface area contributed by atoms with Gasteiger partial charge in [-0.25, -0.2) is 13.4 Å². The van der Waals surface area contributed by atoms with Crippen LogP contribution in [0, 0.1) is 0 Å². The molecule has 1 N–H and O–H groups in total. The number of hydrogen-bond donors (Lipinski definition) is 1. The van der Waals surface area contributed by atoms with Gasteiger partial charge in [0.1, 0.15) is 0 Å². The number of aromatic nitrogens is 1. The molecular weight excluding hydrogens is 432 g/mol. The van der Waals surface area contributed by atoms with E-state index in [2.05, 4.69) is 29.0 Å². The number of amides is 1. The van der Waals surface area contributed by atoms with Crippen LogP contribution in [0.5, 0.6) is 0 Å². The van der Waals surface area contributed by atoms with Crippen LogP contribution in [0.3, 0.4) is 0 Å². The van der Waals surface area contributed by atoms with E-state index in [0.717, 1.165) is 38.0 Å². The van der Waals surface area contributed by atoms with Crippen LogP contribution in [0.1, 0.15) is 61.5 Å². The zero-order valence-electron chi connectivity index (χ0n) is 18.7. The van der Waals surface area contributed by atoms with Crippen molar-refractivity contribution in [3.63, 3.8) is 0 Å². The van der Waals surface area contributed by atoms with Gasteiger partial charge in [-0.05, 0) is 44.5 Å². The molecule has 170 valence electrons. The lowest BCUT2D eigenvalue weighted by Gasteiger charge is -2.29. The lowest BCUT2D eigenvalue weighted by Crippen LogP contribution is -2.35. The van der Waals surface area contributed by atoms with Crippen LogP contribution in [-0.4, -0.2) is 54.2 Å². The second-order valence-electron chi connectivity index (χ2n) is 8.03. The fourth-order valence-corrected chi connectivity index (χ4v) is 6.11. The average Bonchev–Trinajstić information content (AvgIpc) is 3.15.